The van der Waals surface area contributed by atoms with Crippen molar-refractivity contribution in [3.63, 3.8) is 0 Å². The van der Waals surface area contributed by atoms with Gasteiger partial charge in [-0.25, -0.2) is 14.8 Å². The molecule has 2 aromatic rings. The largest absolute Gasteiger partial charge is 0.449 e. The molecule has 0 radical (unpaired) electrons. The summed E-state index contributed by atoms with van der Waals surface area (Å²) in [6.07, 6.45) is -6.29. The van der Waals surface area contributed by atoms with Gasteiger partial charge in [-0.05, 0) is 18.2 Å². The highest BCUT2D eigenvalue weighted by Crippen LogP contribution is 2.28. The summed E-state index contributed by atoms with van der Waals surface area (Å²) in [4.78, 5) is 35.8. The Bertz CT molecular complexity index is 840. The van der Waals surface area contributed by atoms with Crippen molar-refractivity contribution < 1.29 is 40.7 Å². The highest BCUT2D eigenvalue weighted by Gasteiger charge is 2.33. The van der Waals surface area contributed by atoms with Gasteiger partial charge in [-0.1, -0.05) is 0 Å². The maximum Gasteiger partial charge on any atom is 0.422 e. The summed E-state index contributed by atoms with van der Waals surface area (Å²) in [7, 11) is 0. The van der Waals surface area contributed by atoms with E-state index in [4.69, 9.17) is 0 Å². The lowest BCUT2D eigenvalue weighted by atomic mass is 10.2. The second-order valence-corrected chi connectivity index (χ2v) is 5.55. The van der Waals surface area contributed by atoms with Crippen LogP contribution < -0.4 is 0 Å². The first-order valence-corrected chi connectivity index (χ1v) is 7.76. The number of hydrogen-bond donors (Lipinski definition) is 0. The van der Waals surface area contributed by atoms with Gasteiger partial charge in [-0.15, -0.1) is 0 Å². The quantitative estimate of drug-likeness (QED) is 0.418. The third-order valence-electron chi connectivity index (χ3n) is 3.29. The molecular formula is C16H12F6N4O3. The van der Waals surface area contributed by atoms with Crippen LogP contribution in [0.25, 0.3) is 0 Å². The van der Waals surface area contributed by atoms with Gasteiger partial charge < -0.3 is 9.64 Å². The highest BCUT2D eigenvalue weighted by atomic mass is 19.4. The third-order valence-corrected chi connectivity index (χ3v) is 3.29. The Balaban J connectivity index is 2.18. The molecule has 0 saturated carbocycles. The Kier molecular flexibility index (Phi) is 6.72. The molecule has 156 valence electrons. The van der Waals surface area contributed by atoms with Crippen molar-refractivity contribution in [2.24, 2.45) is 0 Å². The second kappa shape index (κ2) is 8.84. The number of esters is 1. The predicted octanol–water partition coefficient (Wildman–Crippen LogP) is 2.52. The maximum atomic E-state index is 12.6. The molecule has 7 nitrogen and oxygen atoms in total. The van der Waals surface area contributed by atoms with Crippen LogP contribution in [0.15, 0.2) is 36.8 Å². The van der Waals surface area contributed by atoms with Gasteiger partial charge >= 0.3 is 24.2 Å². The molecule has 0 aliphatic carbocycles. The standard InChI is InChI=1S/C16H12F6N4O3/c17-15(18,19)9-29-14(28)13(27)26(8-12-23-4-1-5-24-12)7-11-3-2-10(6-25-11)16(20,21)22/h1-6H,7-9H2. The molecular weight excluding hydrogens is 410 g/mol. The normalized spacial score (nSPS) is 11.8. The first-order valence-electron chi connectivity index (χ1n) is 7.76. The molecule has 13 heteroatoms. The van der Waals surface area contributed by atoms with E-state index in [0.29, 0.717) is 17.2 Å². The van der Waals surface area contributed by atoms with Crippen LogP contribution >= 0.6 is 0 Å². The first kappa shape index (κ1) is 22.0. The van der Waals surface area contributed by atoms with E-state index in [2.05, 4.69) is 19.7 Å². The van der Waals surface area contributed by atoms with Crippen LogP contribution in [0.1, 0.15) is 17.1 Å². The number of nitrogens with zero attached hydrogens (tertiary/aromatic N) is 4. The number of carbonyl (C=O) groups excluding carboxylic acids is 2. The number of amides is 1. The van der Waals surface area contributed by atoms with Crippen LogP contribution in [0, 0.1) is 0 Å². The molecule has 0 aliphatic heterocycles. The summed E-state index contributed by atoms with van der Waals surface area (Å²) < 4.78 is 78.3. The third kappa shape index (κ3) is 7.01. The van der Waals surface area contributed by atoms with Crippen molar-refractivity contribution in [2.45, 2.75) is 25.4 Å². The fourth-order valence-corrected chi connectivity index (χ4v) is 2.00. The van der Waals surface area contributed by atoms with Crippen LogP contribution in [-0.2, 0) is 33.6 Å². The van der Waals surface area contributed by atoms with Crippen LogP contribution in [0.5, 0.6) is 0 Å². The van der Waals surface area contributed by atoms with Gasteiger partial charge in [0.25, 0.3) is 0 Å². The van der Waals surface area contributed by atoms with Gasteiger partial charge in [0.1, 0.15) is 5.82 Å². The van der Waals surface area contributed by atoms with E-state index in [1.165, 1.54) is 18.5 Å². The van der Waals surface area contributed by atoms with Crippen LogP contribution in [0.4, 0.5) is 26.3 Å². The van der Waals surface area contributed by atoms with Crippen LogP contribution in [0.3, 0.4) is 0 Å². The SMILES string of the molecule is O=C(OCC(F)(F)F)C(=O)N(Cc1ccc(C(F)(F)F)cn1)Cc1ncccn1. The number of hydrogen-bond acceptors (Lipinski definition) is 6. The van der Waals surface area contributed by atoms with E-state index in [0.717, 1.165) is 6.07 Å². The van der Waals surface area contributed by atoms with Crippen molar-refractivity contribution in [2.75, 3.05) is 6.61 Å². The molecule has 0 N–H and O–H groups in total. The van der Waals surface area contributed by atoms with Gasteiger partial charge in [0.15, 0.2) is 6.61 Å². The van der Waals surface area contributed by atoms with Crippen molar-refractivity contribution in [3.05, 3.63) is 53.9 Å². The molecule has 2 rings (SSSR count). The van der Waals surface area contributed by atoms with Crippen molar-refractivity contribution in [1.29, 1.82) is 0 Å². The monoisotopic (exact) mass is 422 g/mol. The summed E-state index contributed by atoms with van der Waals surface area (Å²) in [5, 5.41) is 0. The smallest absolute Gasteiger partial charge is 0.422 e. The topological polar surface area (TPSA) is 85.3 Å². The first-order chi connectivity index (χ1) is 13.5. The number of aromatic nitrogens is 3. The zero-order valence-electron chi connectivity index (χ0n) is 14.4. The molecule has 29 heavy (non-hydrogen) atoms. The number of ether oxygens (including phenoxy) is 1. The Morgan fingerprint density at radius 3 is 2.14 bits per heavy atom. The number of halogens is 6. The Hall–Kier alpha value is -3.25. The van der Waals surface area contributed by atoms with E-state index in [1.54, 1.807) is 0 Å². The summed E-state index contributed by atoms with van der Waals surface area (Å²) in [6.45, 7) is -2.87. The summed E-state index contributed by atoms with van der Waals surface area (Å²) in [5.41, 5.74) is -1.08. The Morgan fingerprint density at radius 2 is 1.62 bits per heavy atom. The van der Waals surface area contributed by atoms with Crippen LogP contribution in [0.2, 0.25) is 0 Å². The molecule has 2 aromatic heterocycles. The predicted molar refractivity (Wildman–Crippen MR) is 82.5 cm³/mol. The van der Waals surface area contributed by atoms with E-state index < -0.39 is 49.5 Å². The van der Waals surface area contributed by atoms with Crippen molar-refractivity contribution in [3.8, 4) is 0 Å². The fourth-order valence-electron chi connectivity index (χ4n) is 2.00. The molecule has 0 bridgehead atoms. The Labute approximate surface area is 159 Å². The van der Waals surface area contributed by atoms with E-state index in [-0.39, 0.29) is 11.5 Å². The van der Waals surface area contributed by atoms with Gasteiger partial charge in [0.2, 0.25) is 0 Å². The number of alkyl halides is 6. The number of rotatable bonds is 5. The second-order valence-electron chi connectivity index (χ2n) is 5.55. The molecule has 0 spiro atoms. The molecule has 0 unspecified atom stereocenters. The summed E-state index contributed by atoms with van der Waals surface area (Å²) >= 11 is 0. The average molecular weight is 422 g/mol. The maximum absolute atomic E-state index is 12.6. The molecule has 1 amide bonds. The average Bonchev–Trinajstić information content (AvgIpc) is 2.65. The van der Waals surface area contributed by atoms with Gasteiger partial charge in [-0.3, -0.25) is 9.78 Å². The van der Waals surface area contributed by atoms with E-state index in [1.807, 2.05) is 0 Å². The Morgan fingerprint density at radius 1 is 0.966 bits per heavy atom. The van der Waals surface area contributed by atoms with Crippen molar-refractivity contribution >= 4 is 11.9 Å². The minimum atomic E-state index is -4.84. The molecule has 0 fully saturated rings. The summed E-state index contributed by atoms with van der Waals surface area (Å²) in [6, 6.07) is 3.15. The van der Waals surface area contributed by atoms with Gasteiger partial charge in [0.05, 0.1) is 24.3 Å². The minimum Gasteiger partial charge on any atom is -0.449 e. The van der Waals surface area contributed by atoms with E-state index >= 15 is 0 Å². The molecule has 0 aliphatic rings. The zero-order valence-corrected chi connectivity index (χ0v) is 14.4. The van der Waals surface area contributed by atoms with Gasteiger partial charge in [0, 0.05) is 18.6 Å². The molecule has 0 aromatic carbocycles. The lowest BCUT2D eigenvalue weighted by Gasteiger charge is -2.21. The summed E-state index contributed by atoms with van der Waals surface area (Å²) in [5.74, 6) is -3.20. The highest BCUT2D eigenvalue weighted by molar-refractivity contribution is 6.32. The lowest BCUT2D eigenvalue weighted by Crippen LogP contribution is -2.38. The van der Waals surface area contributed by atoms with Gasteiger partial charge in [-0.2, -0.15) is 26.3 Å². The molecule has 2 heterocycles. The minimum absolute atomic E-state index is 0.0383. The lowest BCUT2D eigenvalue weighted by molar-refractivity contribution is -0.189. The zero-order chi connectivity index (χ0) is 21.7. The number of pyridine rings is 1. The van der Waals surface area contributed by atoms with E-state index in [9.17, 15) is 35.9 Å². The fraction of sp³-hybridized carbons (Fsp3) is 0.312. The molecule has 0 saturated heterocycles. The van der Waals surface area contributed by atoms with Crippen molar-refractivity contribution in [1.82, 2.24) is 19.9 Å². The number of carbonyl (C=O) groups is 2. The molecule has 0 atom stereocenters. The van der Waals surface area contributed by atoms with Crippen LogP contribution in [-0.4, -0.2) is 44.5 Å².